The zero-order valence-electron chi connectivity index (χ0n) is 29.7. The van der Waals surface area contributed by atoms with Gasteiger partial charge in [0.1, 0.15) is 11.5 Å². The van der Waals surface area contributed by atoms with Crippen molar-refractivity contribution in [3.63, 3.8) is 0 Å². The molecule has 0 saturated carbocycles. The molecule has 0 unspecified atom stereocenters. The Labute approximate surface area is 270 Å². The lowest BCUT2D eigenvalue weighted by atomic mass is 10.2. The summed E-state index contributed by atoms with van der Waals surface area (Å²) in [7, 11) is -3.75. The average molecular weight is 667 g/mol. The van der Waals surface area contributed by atoms with Crippen molar-refractivity contribution in [1.29, 1.82) is 0 Å². The van der Waals surface area contributed by atoms with Gasteiger partial charge in [-0.05, 0) is 68.6 Å². The van der Waals surface area contributed by atoms with Crippen molar-refractivity contribution in [3.8, 4) is 23.0 Å². The normalized spacial score (nSPS) is 12.8. The smallest absolute Gasteiger partial charge is 0.319 e. The van der Waals surface area contributed by atoms with Gasteiger partial charge in [0.2, 0.25) is 0 Å². The lowest BCUT2D eigenvalue weighted by molar-refractivity contribution is 0.212. The second kappa shape index (κ2) is 16.7. The molecular formula is C34H59O7PSi2. The van der Waals surface area contributed by atoms with Crippen molar-refractivity contribution in [3.05, 3.63) is 47.5 Å². The van der Waals surface area contributed by atoms with Crippen LogP contribution in [0.5, 0.6) is 23.0 Å². The maximum absolute atomic E-state index is 12.7. The van der Waals surface area contributed by atoms with Gasteiger partial charge in [-0.3, -0.25) is 4.57 Å². The molecule has 10 heteroatoms. The Morgan fingerprint density at radius 1 is 0.523 bits per heavy atom. The van der Waals surface area contributed by atoms with Crippen LogP contribution in [0.3, 0.4) is 0 Å². The van der Waals surface area contributed by atoms with Gasteiger partial charge >= 0.3 is 8.25 Å². The van der Waals surface area contributed by atoms with Crippen molar-refractivity contribution in [2.24, 2.45) is 0 Å². The van der Waals surface area contributed by atoms with E-state index < -0.39 is 24.9 Å². The number of hydrogen-bond acceptors (Lipinski definition) is 7. The van der Waals surface area contributed by atoms with E-state index in [-0.39, 0.29) is 13.2 Å². The lowest BCUT2D eigenvalue weighted by Gasteiger charge is -2.42. The van der Waals surface area contributed by atoms with Gasteiger partial charge in [0, 0.05) is 0 Å². The van der Waals surface area contributed by atoms with Gasteiger partial charge in [-0.15, -0.1) is 0 Å². The van der Waals surface area contributed by atoms with Crippen LogP contribution in [0.15, 0.2) is 36.4 Å². The highest BCUT2D eigenvalue weighted by atomic mass is 31.1. The summed E-state index contributed by atoms with van der Waals surface area (Å²) < 4.78 is 49.0. The Morgan fingerprint density at radius 3 is 1.07 bits per heavy atom. The van der Waals surface area contributed by atoms with Gasteiger partial charge in [-0.25, -0.2) is 0 Å². The van der Waals surface area contributed by atoms with Crippen molar-refractivity contribution in [1.82, 2.24) is 0 Å². The lowest BCUT2D eigenvalue weighted by Crippen LogP contribution is -2.50. The summed E-state index contributed by atoms with van der Waals surface area (Å²) in [6, 6.07) is 11.5. The molecule has 250 valence electrons. The topological polar surface area (TPSA) is 72.5 Å². The molecule has 2 aromatic carbocycles. The number of methoxy groups -OCH3 is 2. The first-order valence-corrected chi connectivity index (χ1v) is 21.6. The molecule has 0 amide bonds. The predicted molar refractivity (Wildman–Crippen MR) is 188 cm³/mol. The third-order valence-corrected chi connectivity index (χ3v) is 21.9. The minimum atomic E-state index is -2.75. The molecule has 0 spiro atoms. The molecule has 0 aliphatic rings. The molecule has 0 radical (unpaired) electrons. The first kappa shape index (κ1) is 38.4. The van der Waals surface area contributed by atoms with E-state index in [1.807, 2.05) is 36.4 Å². The summed E-state index contributed by atoms with van der Waals surface area (Å²) in [4.78, 5) is 0. The highest BCUT2D eigenvalue weighted by molar-refractivity contribution is 7.33. The van der Waals surface area contributed by atoms with Crippen molar-refractivity contribution < 1.29 is 31.9 Å². The van der Waals surface area contributed by atoms with Crippen LogP contribution in [-0.4, -0.2) is 30.9 Å². The third-order valence-electron chi connectivity index (χ3n) is 9.16. The second-order valence-corrected chi connectivity index (χ2v) is 25.5. The molecule has 44 heavy (non-hydrogen) atoms. The van der Waals surface area contributed by atoms with Crippen molar-refractivity contribution in [2.45, 2.75) is 130 Å². The molecular weight excluding hydrogens is 608 g/mol. The Hall–Kier alpha value is -1.78. The summed E-state index contributed by atoms with van der Waals surface area (Å²) in [5.74, 6) is 2.80. The Morgan fingerprint density at radius 2 is 0.818 bits per heavy atom. The Balaban J connectivity index is 2.09. The molecule has 0 aliphatic heterocycles. The van der Waals surface area contributed by atoms with Gasteiger partial charge in [-0.2, -0.15) is 0 Å². The fourth-order valence-electron chi connectivity index (χ4n) is 7.19. The molecule has 0 heterocycles. The van der Waals surface area contributed by atoms with E-state index in [0.29, 0.717) is 44.7 Å². The van der Waals surface area contributed by atoms with E-state index in [1.54, 1.807) is 14.2 Å². The van der Waals surface area contributed by atoms with Crippen molar-refractivity contribution >= 4 is 24.9 Å². The van der Waals surface area contributed by atoms with Crippen LogP contribution in [0.1, 0.15) is 94.2 Å². The number of benzene rings is 2. The molecule has 0 N–H and O–H groups in total. The van der Waals surface area contributed by atoms with Crippen LogP contribution < -0.4 is 18.3 Å². The number of hydrogen-bond donors (Lipinski definition) is 0. The molecule has 2 rings (SSSR count). The van der Waals surface area contributed by atoms with E-state index in [9.17, 15) is 4.57 Å². The summed E-state index contributed by atoms with van der Waals surface area (Å²) in [5.41, 5.74) is 4.31. The zero-order valence-corrected chi connectivity index (χ0v) is 32.7. The Bertz CT molecular complexity index is 1080. The van der Waals surface area contributed by atoms with E-state index in [0.717, 1.165) is 22.6 Å². The fraction of sp³-hybridized carbons (Fsp3) is 0.647. The van der Waals surface area contributed by atoms with Crippen LogP contribution in [-0.2, 0) is 26.8 Å². The molecule has 0 fully saturated rings. The molecule has 0 aliphatic carbocycles. The highest BCUT2D eigenvalue weighted by Crippen LogP contribution is 2.46. The van der Waals surface area contributed by atoms with E-state index in [2.05, 4.69) is 83.1 Å². The van der Waals surface area contributed by atoms with Gasteiger partial charge in [-0.1, -0.05) is 95.2 Å². The molecule has 0 saturated heterocycles. The van der Waals surface area contributed by atoms with Gasteiger partial charge in [0.05, 0.1) is 27.4 Å². The van der Waals surface area contributed by atoms with Crippen molar-refractivity contribution in [2.75, 3.05) is 14.2 Å². The fourth-order valence-corrected chi connectivity index (χ4v) is 18.4. The molecule has 0 aromatic heterocycles. The maximum Gasteiger partial charge on any atom is 0.319 e. The van der Waals surface area contributed by atoms with Crippen LogP contribution in [0.2, 0.25) is 33.2 Å². The number of rotatable bonds is 18. The first-order valence-electron chi connectivity index (χ1n) is 16.1. The number of ether oxygens (including phenoxy) is 2. The summed E-state index contributed by atoms with van der Waals surface area (Å²) in [5, 5.41) is 0. The predicted octanol–water partition coefficient (Wildman–Crippen LogP) is 10.9. The van der Waals surface area contributed by atoms with Crippen LogP contribution >= 0.6 is 8.25 Å². The monoisotopic (exact) mass is 666 g/mol. The summed E-state index contributed by atoms with van der Waals surface area (Å²) in [6.07, 6.45) is 0. The van der Waals surface area contributed by atoms with Crippen LogP contribution in [0, 0.1) is 0 Å². The maximum atomic E-state index is 12.7. The Kier molecular flexibility index (Phi) is 14.6. The quantitative estimate of drug-likeness (QED) is 0.116. The van der Waals surface area contributed by atoms with Gasteiger partial charge in [0.25, 0.3) is 16.6 Å². The third kappa shape index (κ3) is 8.72. The summed E-state index contributed by atoms with van der Waals surface area (Å²) in [6.45, 7) is 27.4. The molecule has 2 aromatic rings. The van der Waals surface area contributed by atoms with E-state index >= 15 is 0 Å². The largest absolute Gasteiger partial charge is 0.540 e. The SMILES string of the molecule is COc1cc(CO[PH](=O)OCc2ccc(O[Si](C(C)C)(C(C)C)C(C)C)c(OC)c2)ccc1O[Si](C(C)C)(C(C)C)C(C)C. The zero-order chi connectivity index (χ0) is 33.4. The van der Waals surface area contributed by atoms with Gasteiger partial charge < -0.3 is 27.4 Å². The highest BCUT2D eigenvalue weighted by Gasteiger charge is 2.48. The summed E-state index contributed by atoms with van der Waals surface area (Å²) >= 11 is 0. The minimum absolute atomic E-state index is 0.137. The average Bonchev–Trinajstić information content (AvgIpc) is 2.95. The first-order chi connectivity index (χ1) is 20.6. The standard InChI is InChI=1S/C34H59O7PSi2/c1-23(2)43(24(3)4,25(5)6)40-31-17-15-29(19-33(31)36-13)21-38-42(35)39-22-30-16-18-32(34(20-30)37-14)41-44(26(7)8,27(9)10)28(11)12/h15-20,23-28,42H,21-22H2,1-14H3. The molecule has 0 atom stereocenters. The van der Waals surface area contributed by atoms with E-state index in [4.69, 9.17) is 27.4 Å². The second-order valence-electron chi connectivity index (χ2n) is 13.6. The molecule has 0 bridgehead atoms. The van der Waals surface area contributed by atoms with E-state index in [1.165, 1.54) is 0 Å². The van der Waals surface area contributed by atoms with Crippen LogP contribution in [0.25, 0.3) is 0 Å². The van der Waals surface area contributed by atoms with Crippen LogP contribution in [0.4, 0.5) is 0 Å². The van der Waals surface area contributed by atoms with Gasteiger partial charge in [0.15, 0.2) is 11.5 Å². The molecule has 7 nitrogen and oxygen atoms in total. The minimum Gasteiger partial charge on any atom is -0.540 e.